The van der Waals surface area contributed by atoms with Crippen LogP contribution in [-0.2, 0) is 4.79 Å². The zero-order valence-corrected chi connectivity index (χ0v) is 10.9. The maximum atomic E-state index is 11.3. The van der Waals surface area contributed by atoms with Gasteiger partial charge in [-0.15, -0.1) is 0 Å². The van der Waals surface area contributed by atoms with Crippen LogP contribution in [0.3, 0.4) is 0 Å². The summed E-state index contributed by atoms with van der Waals surface area (Å²) in [7, 11) is 0. The van der Waals surface area contributed by atoms with Crippen molar-refractivity contribution in [1.82, 2.24) is 5.43 Å². The summed E-state index contributed by atoms with van der Waals surface area (Å²) in [5, 5.41) is 3.89. The van der Waals surface area contributed by atoms with Gasteiger partial charge in [0.2, 0.25) is 5.91 Å². The number of hydrogen-bond acceptors (Lipinski definition) is 2. The monoisotopic (exact) mass is 292 g/mol. The number of carbonyl (C=O) groups excluding carboxylic acids is 1. The van der Waals surface area contributed by atoms with E-state index in [-0.39, 0.29) is 11.8 Å². The molecule has 1 aliphatic carbocycles. The van der Waals surface area contributed by atoms with Crippen molar-refractivity contribution in [2.75, 3.05) is 0 Å². The highest BCUT2D eigenvalue weighted by molar-refractivity contribution is 9.12. The van der Waals surface area contributed by atoms with E-state index in [0.29, 0.717) is 0 Å². The molecule has 0 saturated heterocycles. The molecule has 1 aromatic carbocycles. The minimum Gasteiger partial charge on any atom is -0.273 e. The second-order valence-electron chi connectivity index (χ2n) is 3.95. The second kappa shape index (κ2) is 5.77. The number of halogens is 1. The summed E-state index contributed by atoms with van der Waals surface area (Å²) in [6, 6.07) is 9.90. The molecule has 1 fully saturated rings. The van der Waals surface area contributed by atoms with Gasteiger partial charge in [-0.1, -0.05) is 30.3 Å². The Balaban J connectivity index is 1.87. The number of amides is 1. The fourth-order valence-electron chi connectivity index (χ4n) is 1.34. The van der Waals surface area contributed by atoms with Gasteiger partial charge in [-0.25, -0.2) is 5.43 Å². The summed E-state index contributed by atoms with van der Waals surface area (Å²) in [4.78, 5) is 11.3. The molecule has 0 heterocycles. The second-order valence-corrected chi connectivity index (χ2v) is 4.86. The van der Waals surface area contributed by atoms with E-state index in [1.54, 1.807) is 6.21 Å². The van der Waals surface area contributed by atoms with Crippen LogP contribution in [0.2, 0.25) is 0 Å². The molecular formula is C13H13BrN2O. The number of rotatable bonds is 4. The Morgan fingerprint density at radius 2 is 2.06 bits per heavy atom. The van der Waals surface area contributed by atoms with Gasteiger partial charge in [0.15, 0.2) is 0 Å². The Morgan fingerprint density at radius 3 is 2.71 bits per heavy atom. The van der Waals surface area contributed by atoms with Crippen LogP contribution in [0.15, 0.2) is 39.9 Å². The molecule has 0 atom stereocenters. The first-order chi connectivity index (χ1) is 8.25. The average molecular weight is 293 g/mol. The SMILES string of the molecule is O=C(N/N=C\C(Br)=C\c1ccccc1)C1CC1. The van der Waals surface area contributed by atoms with Crippen LogP contribution in [0.4, 0.5) is 0 Å². The summed E-state index contributed by atoms with van der Waals surface area (Å²) < 4.78 is 0.819. The lowest BCUT2D eigenvalue weighted by atomic mass is 10.2. The molecule has 2 rings (SSSR count). The third kappa shape index (κ3) is 4.15. The third-order valence-corrected chi connectivity index (χ3v) is 2.85. The number of nitrogens with one attached hydrogen (secondary N) is 1. The van der Waals surface area contributed by atoms with Crippen LogP contribution >= 0.6 is 15.9 Å². The molecule has 1 aromatic rings. The molecule has 1 amide bonds. The molecular weight excluding hydrogens is 280 g/mol. The standard InChI is InChI=1S/C13H13BrN2O/c14-12(8-10-4-2-1-3-5-10)9-15-16-13(17)11-6-7-11/h1-5,8-9,11H,6-7H2,(H,16,17)/b12-8-,15-9-. The maximum absolute atomic E-state index is 11.3. The first-order valence-corrected chi connectivity index (χ1v) is 6.30. The topological polar surface area (TPSA) is 41.5 Å². The summed E-state index contributed by atoms with van der Waals surface area (Å²) >= 11 is 3.38. The van der Waals surface area contributed by atoms with Crippen LogP contribution in [0.1, 0.15) is 18.4 Å². The first kappa shape index (κ1) is 12.0. The molecule has 4 heteroatoms. The molecule has 0 aromatic heterocycles. The van der Waals surface area contributed by atoms with Gasteiger partial charge < -0.3 is 0 Å². The van der Waals surface area contributed by atoms with Crippen molar-refractivity contribution in [3.8, 4) is 0 Å². The Kier molecular flexibility index (Phi) is 4.09. The number of allylic oxidation sites excluding steroid dienone is 1. The van der Waals surface area contributed by atoms with Crippen molar-refractivity contribution >= 4 is 34.1 Å². The highest BCUT2D eigenvalue weighted by Gasteiger charge is 2.29. The van der Waals surface area contributed by atoms with Crippen LogP contribution in [0, 0.1) is 5.92 Å². The van der Waals surface area contributed by atoms with E-state index in [9.17, 15) is 4.79 Å². The van der Waals surface area contributed by atoms with Crippen molar-refractivity contribution in [3.05, 3.63) is 40.4 Å². The van der Waals surface area contributed by atoms with E-state index in [1.807, 2.05) is 36.4 Å². The fraction of sp³-hybridized carbons (Fsp3) is 0.231. The third-order valence-electron chi connectivity index (χ3n) is 2.41. The van der Waals surface area contributed by atoms with Crippen LogP contribution < -0.4 is 5.43 Å². The smallest absolute Gasteiger partial charge is 0.243 e. The Hall–Kier alpha value is -1.42. The van der Waals surface area contributed by atoms with E-state index < -0.39 is 0 Å². The number of hydrogen-bond donors (Lipinski definition) is 1. The predicted octanol–water partition coefficient (Wildman–Crippen LogP) is 2.93. The number of hydrazone groups is 1. The number of nitrogens with zero attached hydrogens (tertiary/aromatic N) is 1. The predicted molar refractivity (Wildman–Crippen MR) is 72.7 cm³/mol. The molecule has 0 unspecified atom stereocenters. The molecule has 0 bridgehead atoms. The zero-order valence-electron chi connectivity index (χ0n) is 9.27. The molecule has 1 N–H and O–H groups in total. The van der Waals surface area contributed by atoms with Crippen molar-refractivity contribution in [2.45, 2.75) is 12.8 Å². The highest BCUT2D eigenvalue weighted by Crippen LogP contribution is 2.28. The molecule has 0 radical (unpaired) electrons. The van der Waals surface area contributed by atoms with E-state index >= 15 is 0 Å². The molecule has 1 saturated carbocycles. The summed E-state index contributed by atoms with van der Waals surface area (Å²) in [6.45, 7) is 0. The van der Waals surface area contributed by atoms with Crippen LogP contribution in [-0.4, -0.2) is 12.1 Å². The van der Waals surface area contributed by atoms with Gasteiger partial charge >= 0.3 is 0 Å². The molecule has 1 aliphatic rings. The largest absolute Gasteiger partial charge is 0.273 e. The first-order valence-electron chi connectivity index (χ1n) is 5.51. The lowest BCUT2D eigenvalue weighted by Gasteiger charge is -1.95. The Morgan fingerprint density at radius 1 is 1.35 bits per heavy atom. The van der Waals surface area contributed by atoms with Crippen molar-refractivity contribution in [1.29, 1.82) is 0 Å². The normalized spacial score (nSPS) is 16.2. The van der Waals surface area contributed by atoms with Gasteiger partial charge in [0.1, 0.15) is 0 Å². The summed E-state index contributed by atoms with van der Waals surface area (Å²) in [5.41, 5.74) is 3.60. The quantitative estimate of drug-likeness (QED) is 0.673. The highest BCUT2D eigenvalue weighted by atomic mass is 79.9. The Labute approximate surface area is 109 Å². The number of benzene rings is 1. The van der Waals surface area contributed by atoms with Crippen molar-refractivity contribution in [3.63, 3.8) is 0 Å². The molecule has 3 nitrogen and oxygen atoms in total. The molecule has 0 spiro atoms. The Bertz CT molecular complexity index is 450. The zero-order chi connectivity index (χ0) is 12.1. The van der Waals surface area contributed by atoms with Crippen LogP contribution in [0.25, 0.3) is 6.08 Å². The molecule has 88 valence electrons. The van der Waals surface area contributed by atoms with Gasteiger partial charge in [-0.05, 0) is 40.4 Å². The molecule has 17 heavy (non-hydrogen) atoms. The van der Waals surface area contributed by atoms with E-state index in [1.165, 1.54) is 0 Å². The van der Waals surface area contributed by atoms with E-state index in [2.05, 4.69) is 26.5 Å². The van der Waals surface area contributed by atoms with Crippen molar-refractivity contribution in [2.24, 2.45) is 11.0 Å². The van der Waals surface area contributed by atoms with Crippen molar-refractivity contribution < 1.29 is 4.79 Å². The van der Waals surface area contributed by atoms with E-state index in [4.69, 9.17) is 0 Å². The summed E-state index contributed by atoms with van der Waals surface area (Å²) in [5.74, 6) is 0.199. The van der Waals surface area contributed by atoms with Crippen LogP contribution in [0.5, 0.6) is 0 Å². The van der Waals surface area contributed by atoms with Gasteiger partial charge in [0.25, 0.3) is 0 Å². The minimum atomic E-state index is 0.0151. The fourth-order valence-corrected chi connectivity index (χ4v) is 1.71. The maximum Gasteiger partial charge on any atom is 0.243 e. The minimum absolute atomic E-state index is 0.0151. The average Bonchev–Trinajstić information content (AvgIpc) is 3.14. The van der Waals surface area contributed by atoms with Gasteiger partial charge in [-0.2, -0.15) is 5.10 Å². The molecule has 0 aliphatic heterocycles. The van der Waals surface area contributed by atoms with Gasteiger partial charge in [0, 0.05) is 10.4 Å². The van der Waals surface area contributed by atoms with Gasteiger partial charge in [0.05, 0.1) is 6.21 Å². The van der Waals surface area contributed by atoms with Gasteiger partial charge in [-0.3, -0.25) is 4.79 Å². The summed E-state index contributed by atoms with van der Waals surface area (Å²) in [6.07, 6.45) is 5.50. The lowest BCUT2D eigenvalue weighted by Crippen LogP contribution is -2.18. The number of carbonyl (C=O) groups is 1. The van der Waals surface area contributed by atoms with E-state index in [0.717, 1.165) is 22.9 Å². The lowest BCUT2D eigenvalue weighted by molar-refractivity contribution is -0.122.